The Morgan fingerprint density at radius 3 is 2.41 bits per heavy atom. The van der Waals surface area contributed by atoms with E-state index in [2.05, 4.69) is 5.32 Å². The summed E-state index contributed by atoms with van der Waals surface area (Å²) in [5.74, 6) is -3.16. The van der Waals surface area contributed by atoms with Crippen LogP contribution in [0.5, 0.6) is 0 Å². The lowest BCUT2D eigenvalue weighted by Crippen LogP contribution is -2.69. The number of carbonyl (C=O) groups excluding carboxylic acids is 4. The molecule has 1 amide bonds. The van der Waals surface area contributed by atoms with Crippen molar-refractivity contribution < 1.29 is 52.8 Å². The number of benzene rings is 2. The SMILES string of the molecule is CC1(C)COC(=O)C1OC(=O)C=Cc1ccc(CN2OC3C4OC5(Cc6ccccc6C5)OC4C4CC3(C(=O)NCCO)C2C(=O)O4)cc1. The van der Waals surface area contributed by atoms with Gasteiger partial charge in [0.15, 0.2) is 11.8 Å². The van der Waals surface area contributed by atoms with E-state index in [4.69, 9.17) is 28.5 Å². The Morgan fingerprint density at radius 2 is 1.73 bits per heavy atom. The topological polar surface area (TPSA) is 159 Å². The molecule has 13 heteroatoms. The average Bonchev–Trinajstić information content (AvgIpc) is 3.81. The lowest BCUT2D eigenvalue weighted by atomic mass is 9.62. The number of hydroxylamine groups is 2. The first-order valence-electron chi connectivity index (χ1n) is 16.6. The molecular formula is C36H38N2O11. The van der Waals surface area contributed by atoms with Gasteiger partial charge in [0.1, 0.15) is 36.4 Å². The van der Waals surface area contributed by atoms with Crippen molar-refractivity contribution in [1.82, 2.24) is 10.4 Å². The third kappa shape index (κ3) is 5.26. The molecule has 2 aromatic carbocycles. The number of aliphatic hydroxyl groups is 1. The molecule has 0 radical (unpaired) electrons. The molecule has 4 aliphatic heterocycles. The van der Waals surface area contributed by atoms with Gasteiger partial charge in [-0.1, -0.05) is 62.4 Å². The van der Waals surface area contributed by atoms with Gasteiger partial charge >= 0.3 is 17.9 Å². The average molecular weight is 675 g/mol. The number of hydrogen-bond acceptors (Lipinski definition) is 12. The van der Waals surface area contributed by atoms with Gasteiger partial charge in [0.2, 0.25) is 12.0 Å². The van der Waals surface area contributed by atoms with Gasteiger partial charge in [0.05, 0.1) is 13.2 Å². The molecule has 1 spiro atoms. The summed E-state index contributed by atoms with van der Waals surface area (Å²) in [6.45, 7) is 3.69. The summed E-state index contributed by atoms with van der Waals surface area (Å²) >= 11 is 0. The summed E-state index contributed by atoms with van der Waals surface area (Å²) in [6, 6.07) is 14.2. The molecule has 2 bridgehead atoms. The molecule has 4 heterocycles. The van der Waals surface area contributed by atoms with E-state index in [0.717, 1.165) is 16.7 Å². The predicted molar refractivity (Wildman–Crippen MR) is 168 cm³/mol. The van der Waals surface area contributed by atoms with Gasteiger partial charge in [-0.15, -0.1) is 0 Å². The number of esters is 3. The van der Waals surface area contributed by atoms with Crippen LogP contribution < -0.4 is 5.32 Å². The summed E-state index contributed by atoms with van der Waals surface area (Å²) in [5, 5.41) is 13.8. The Balaban J connectivity index is 1.02. The van der Waals surface area contributed by atoms with E-state index in [-0.39, 0.29) is 32.7 Å². The highest BCUT2D eigenvalue weighted by molar-refractivity contribution is 5.93. The fraction of sp³-hybridized carbons (Fsp3) is 0.500. The van der Waals surface area contributed by atoms with Crippen LogP contribution in [-0.4, -0.2) is 96.1 Å². The highest BCUT2D eigenvalue weighted by atomic mass is 16.8. The van der Waals surface area contributed by atoms with E-state index in [9.17, 15) is 24.3 Å². The summed E-state index contributed by atoms with van der Waals surface area (Å²) < 4.78 is 29.7. The summed E-state index contributed by atoms with van der Waals surface area (Å²) in [4.78, 5) is 58.8. The van der Waals surface area contributed by atoms with Crippen LogP contribution in [0.15, 0.2) is 54.6 Å². The highest BCUT2D eigenvalue weighted by Crippen LogP contribution is 2.58. The van der Waals surface area contributed by atoms with Gasteiger partial charge in [0, 0.05) is 37.3 Å². The molecule has 6 aliphatic rings. The molecule has 2 N–H and O–H groups in total. The van der Waals surface area contributed by atoms with Crippen LogP contribution in [-0.2, 0) is 67.1 Å². The fourth-order valence-electron chi connectivity index (χ4n) is 8.26. The van der Waals surface area contributed by atoms with Gasteiger partial charge in [0.25, 0.3) is 0 Å². The van der Waals surface area contributed by atoms with E-state index >= 15 is 0 Å². The van der Waals surface area contributed by atoms with E-state index < -0.39 is 77.0 Å². The first-order valence-corrected chi connectivity index (χ1v) is 16.6. The second-order valence-corrected chi connectivity index (χ2v) is 14.4. The molecule has 7 unspecified atom stereocenters. The Morgan fingerprint density at radius 1 is 1.02 bits per heavy atom. The lowest BCUT2D eigenvalue weighted by molar-refractivity contribution is -0.217. The summed E-state index contributed by atoms with van der Waals surface area (Å²) in [7, 11) is 0. The molecule has 1 saturated carbocycles. The normalized spacial score (nSPS) is 33.3. The van der Waals surface area contributed by atoms with Gasteiger partial charge < -0.3 is 34.1 Å². The monoisotopic (exact) mass is 674 g/mol. The molecule has 7 atom stereocenters. The van der Waals surface area contributed by atoms with E-state index in [1.54, 1.807) is 32.1 Å². The molecule has 4 saturated heterocycles. The van der Waals surface area contributed by atoms with Crippen molar-refractivity contribution in [3.8, 4) is 0 Å². The van der Waals surface area contributed by atoms with Crippen molar-refractivity contribution in [2.45, 2.75) is 82.0 Å². The number of rotatable bonds is 8. The Labute approximate surface area is 282 Å². The third-order valence-corrected chi connectivity index (χ3v) is 10.6. The maximum absolute atomic E-state index is 14.0. The molecular weight excluding hydrogens is 636 g/mol. The minimum atomic E-state index is -1.33. The van der Waals surface area contributed by atoms with Crippen molar-refractivity contribution in [3.05, 3.63) is 76.9 Å². The maximum atomic E-state index is 14.0. The summed E-state index contributed by atoms with van der Waals surface area (Å²) in [6.07, 6.45) is 0.257. The zero-order valence-corrected chi connectivity index (χ0v) is 27.2. The molecule has 2 aromatic rings. The zero-order chi connectivity index (χ0) is 34.1. The second kappa shape index (κ2) is 11.7. The maximum Gasteiger partial charge on any atom is 0.348 e. The molecule has 13 nitrogen and oxygen atoms in total. The number of carbonyl (C=O) groups is 4. The zero-order valence-electron chi connectivity index (χ0n) is 27.2. The molecule has 0 aromatic heterocycles. The molecule has 258 valence electrons. The van der Waals surface area contributed by atoms with Crippen molar-refractivity contribution in [1.29, 1.82) is 0 Å². The van der Waals surface area contributed by atoms with Gasteiger partial charge in [-0.05, 0) is 28.3 Å². The van der Waals surface area contributed by atoms with E-state index in [1.165, 1.54) is 11.1 Å². The molecule has 8 rings (SSSR count). The number of nitrogens with zero attached hydrogens (tertiary/aromatic N) is 1. The van der Waals surface area contributed by atoms with Crippen LogP contribution in [0.2, 0.25) is 0 Å². The molecule has 49 heavy (non-hydrogen) atoms. The first kappa shape index (κ1) is 32.1. The van der Waals surface area contributed by atoms with Crippen LogP contribution >= 0.6 is 0 Å². The van der Waals surface area contributed by atoms with Gasteiger partial charge in [-0.3, -0.25) is 14.4 Å². The number of hydrogen-bond donors (Lipinski definition) is 2. The van der Waals surface area contributed by atoms with Crippen LogP contribution in [0.25, 0.3) is 6.08 Å². The Hall–Kier alpha value is -4.14. The lowest BCUT2D eigenvalue weighted by Gasteiger charge is -2.48. The largest absolute Gasteiger partial charge is 0.462 e. The fourth-order valence-corrected chi connectivity index (χ4v) is 8.26. The Kier molecular flexibility index (Phi) is 7.68. The van der Waals surface area contributed by atoms with Gasteiger partial charge in [-0.2, -0.15) is 5.06 Å². The van der Waals surface area contributed by atoms with E-state index in [0.29, 0.717) is 18.4 Å². The van der Waals surface area contributed by atoms with Crippen LogP contribution in [0.3, 0.4) is 0 Å². The third-order valence-electron chi connectivity index (χ3n) is 10.6. The minimum Gasteiger partial charge on any atom is -0.462 e. The number of cyclic esters (lactones) is 1. The van der Waals surface area contributed by atoms with Crippen molar-refractivity contribution >= 4 is 29.9 Å². The number of amides is 1. The minimum absolute atomic E-state index is 0.0233. The first-order chi connectivity index (χ1) is 23.5. The summed E-state index contributed by atoms with van der Waals surface area (Å²) in [5.41, 5.74) is 1.79. The standard InChI is InChI=1S/C36H38N2O11/c1-34(2)19-44-32(42)30(34)46-25(40)12-11-20-7-9-21(10-8-20)18-38-28-31(41)45-24-17-36(28,33(43)37-13-14-39)29(49-38)27-26(24)47-35(48-27)15-22-5-3-4-6-23(22)16-35/h3-12,24,26-30,39H,13-19H2,1-2H3,(H,37,43). The van der Waals surface area contributed by atoms with Crippen molar-refractivity contribution in [2.24, 2.45) is 10.8 Å². The van der Waals surface area contributed by atoms with Crippen LogP contribution in [0.4, 0.5) is 0 Å². The quantitative estimate of drug-likeness (QED) is 0.236. The van der Waals surface area contributed by atoms with Gasteiger partial charge in [-0.25, -0.2) is 9.59 Å². The smallest absolute Gasteiger partial charge is 0.348 e. The van der Waals surface area contributed by atoms with Crippen LogP contribution in [0, 0.1) is 10.8 Å². The van der Waals surface area contributed by atoms with Crippen LogP contribution in [0.1, 0.15) is 42.5 Å². The number of aliphatic hydroxyl groups excluding tert-OH is 1. The molecule has 2 aliphatic carbocycles. The number of fused-ring (bicyclic) bond motifs is 5. The highest BCUT2D eigenvalue weighted by Gasteiger charge is 2.76. The molecule has 5 fully saturated rings. The van der Waals surface area contributed by atoms with Crippen molar-refractivity contribution in [3.63, 3.8) is 0 Å². The Bertz CT molecular complexity index is 1700. The number of ether oxygens (including phenoxy) is 5. The predicted octanol–water partition coefficient (Wildman–Crippen LogP) is 1.38. The second-order valence-electron chi connectivity index (χ2n) is 14.4. The van der Waals surface area contributed by atoms with Crippen molar-refractivity contribution in [2.75, 3.05) is 19.8 Å². The number of nitrogens with one attached hydrogen (secondary N) is 1. The van der Waals surface area contributed by atoms with E-state index in [1.807, 2.05) is 36.4 Å².